The SMILES string of the molecule is Clc1ccccc1-n1nc(C2CCCC2)nc1C[C@@H]1CNCCO1. The maximum absolute atomic E-state index is 6.41. The van der Waals surface area contributed by atoms with Gasteiger partial charge < -0.3 is 10.1 Å². The van der Waals surface area contributed by atoms with Crippen LogP contribution in [0.15, 0.2) is 24.3 Å². The van der Waals surface area contributed by atoms with Gasteiger partial charge in [0.05, 0.1) is 23.4 Å². The van der Waals surface area contributed by atoms with Crippen molar-refractivity contribution < 1.29 is 4.74 Å². The molecule has 0 bridgehead atoms. The molecule has 2 aliphatic rings. The van der Waals surface area contributed by atoms with Gasteiger partial charge in [-0.1, -0.05) is 36.6 Å². The third kappa shape index (κ3) is 3.34. The molecule has 1 saturated carbocycles. The number of benzene rings is 1. The van der Waals surface area contributed by atoms with E-state index >= 15 is 0 Å². The number of aromatic nitrogens is 3. The summed E-state index contributed by atoms with van der Waals surface area (Å²) in [6.07, 6.45) is 5.81. The van der Waals surface area contributed by atoms with Crippen molar-refractivity contribution in [2.75, 3.05) is 19.7 Å². The average molecular weight is 347 g/mol. The summed E-state index contributed by atoms with van der Waals surface area (Å²) in [4.78, 5) is 4.89. The molecule has 2 fully saturated rings. The lowest BCUT2D eigenvalue weighted by Crippen LogP contribution is -2.40. The fourth-order valence-corrected chi connectivity index (χ4v) is 3.84. The second-order valence-corrected chi connectivity index (χ2v) is 7.04. The standard InChI is InChI=1S/C18H23ClN4O/c19-15-7-3-4-8-16(15)23-17(11-14-12-20-9-10-24-14)21-18(22-23)13-5-1-2-6-13/h3-4,7-8,13-14,20H,1-2,5-6,9-12H2/t14-/m1/s1. The summed E-state index contributed by atoms with van der Waals surface area (Å²) in [5.74, 6) is 2.39. The number of halogens is 1. The first kappa shape index (κ1) is 16.1. The van der Waals surface area contributed by atoms with E-state index in [1.165, 1.54) is 25.7 Å². The Balaban J connectivity index is 1.67. The average Bonchev–Trinajstić information content (AvgIpc) is 3.26. The van der Waals surface area contributed by atoms with Crippen LogP contribution in [0.5, 0.6) is 0 Å². The van der Waals surface area contributed by atoms with Crippen LogP contribution in [0.1, 0.15) is 43.3 Å². The van der Waals surface area contributed by atoms with Crippen LogP contribution >= 0.6 is 11.6 Å². The summed E-state index contributed by atoms with van der Waals surface area (Å²) < 4.78 is 7.79. The van der Waals surface area contributed by atoms with E-state index in [1.54, 1.807) is 0 Å². The van der Waals surface area contributed by atoms with Gasteiger partial charge in [0, 0.05) is 25.4 Å². The zero-order valence-electron chi connectivity index (χ0n) is 13.7. The van der Waals surface area contributed by atoms with E-state index < -0.39 is 0 Å². The maximum atomic E-state index is 6.41. The molecule has 0 spiro atoms. The minimum atomic E-state index is 0.139. The molecule has 5 nitrogen and oxygen atoms in total. The Morgan fingerprint density at radius 1 is 1.25 bits per heavy atom. The normalized spacial score (nSPS) is 22.1. The van der Waals surface area contributed by atoms with Crippen LogP contribution < -0.4 is 5.32 Å². The molecule has 1 aromatic heterocycles. The van der Waals surface area contributed by atoms with Crippen molar-refractivity contribution in [1.29, 1.82) is 0 Å². The van der Waals surface area contributed by atoms with Gasteiger partial charge in [-0.25, -0.2) is 9.67 Å². The molecule has 1 atom stereocenters. The highest BCUT2D eigenvalue weighted by Crippen LogP contribution is 2.33. The minimum Gasteiger partial charge on any atom is -0.375 e. The van der Waals surface area contributed by atoms with Crippen molar-refractivity contribution in [3.05, 3.63) is 40.9 Å². The number of para-hydroxylation sites is 1. The molecule has 2 aromatic rings. The zero-order chi connectivity index (χ0) is 16.4. The lowest BCUT2D eigenvalue weighted by molar-refractivity contribution is 0.0277. The van der Waals surface area contributed by atoms with E-state index in [0.29, 0.717) is 10.9 Å². The predicted octanol–water partition coefficient (Wildman–Crippen LogP) is 3.11. The number of rotatable bonds is 4. The van der Waals surface area contributed by atoms with Crippen LogP contribution in [0.3, 0.4) is 0 Å². The summed E-state index contributed by atoms with van der Waals surface area (Å²) in [5, 5.41) is 8.91. The van der Waals surface area contributed by atoms with Crippen molar-refractivity contribution in [1.82, 2.24) is 20.1 Å². The second kappa shape index (κ2) is 7.21. The Morgan fingerprint density at radius 3 is 2.83 bits per heavy atom. The number of nitrogens with zero attached hydrogens (tertiary/aromatic N) is 3. The molecule has 1 aliphatic heterocycles. The van der Waals surface area contributed by atoms with E-state index in [2.05, 4.69) is 5.32 Å². The van der Waals surface area contributed by atoms with Crippen molar-refractivity contribution in [2.24, 2.45) is 0 Å². The van der Waals surface area contributed by atoms with Gasteiger partial charge in [-0.2, -0.15) is 5.10 Å². The van der Waals surface area contributed by atoms with Gasteiger partial charge in [-0.3, -0.25) is 0 Å². The van der Waals surface area contributed by atoms with Crippen molar-refractivity contribution in [3.8, 4) is 5.69 Å². The molecule has 1 aromatic carbocycles. The lowest BCUT2D eigenvalue weighted by Gasteiger charge is -2.23. The van der Waals surface area contributed by atoms with Gasteiger partial charge >= 0.3 is 0 Å². The predicted molar refractivity (Wildman–Crippen MR) is 93.9 cm³/mol. The molecule has 0 amide bonds. The highest BCUT2D eigenvalue weighted by atomic mass is 35.5. The number of hydrogen-bond donors (Lipinski definition) is 1. The van der Waals surface area contributed by atoms with Gasteiger partial charge in [0.25, 0.3) is 0 Å². The molecular formula is C18H23ClN4O. The van der Waals surface area contributed by atoms with E-state index in [0.717, 1.165) is 43.5 Å². The van der Waals surface area contributed by atoms with Gasteiger partial charge in [0.2, 0.25) is 0 Å². The molecule has 0 unspecified atom stereocenters. The molecule has 128 valence electrons. The Morgan fingerprint density at radius 2 is 2.08 bits per heavy atom. The molecule has 24 heavy (non-hydrogen) atoms. The topological polar surface area (TPSA) is 52.0 Å². The van der Waals surface area contributed by atoms with E-state index in [4.69, 9.17) is 26.4 Å². The number of ether oxygens (including phenoxy) is 1. The summed E-state index contributed by atoms with van der Waals surface area (Å²) in [7, 11) is 0. The highest BCUT2D eigenvalue weighted by Gasteiger charge is 2.25. The van der Waals surface area contributed by atoms with E-state index in [1.807, 2.05) is 28.9 Å². The summed E-state index contributed by atoms with van der Waals surface area (Å²) >= 11 is 6.41. The molecule has 0 radical (unpaired) electrons. The highest BCUT2D eigenvalue weighted by molar-refractivity contribution is 6.32. The molecule has 4 rings (SSSR count). The fraction of sp³-hybridized carbons (Fsp3) is 0.556. The van der Waals surface area contributed by atoms with Gasteiger partial charge in [-0.05, 0) is 25.0 Å². The smallest absolute Gasteiger partial charge is 0.154 e. The van der Waals surface area contributed by atoms with Crippen LogP contribution in [0.2, 0.25) is 5.02 Å². The Bertz CT molecular complexity index is 690. The van der Waals surface area contributed by atoms with Crippen molar-refractivity contribution >= 4 is 11.6 Å². The number of nitrogens with one attached hydrogen (secondary N) is 1. The summed E-state index contributed by atoms with van der Waals surface area (Å²) in [6, 6.07) is 7.82. The third-order valence-corrected chi connectivity index (χ3v) is 5.23. The summed E-state index contributed by atoms with van der Waals surface area (Å²) in [6.45, 7) is 2.52. The molecule has 1 saturated heterocycles. The molecule has 6 heteroatoms. The summed E-state index contributed by atoms with van der Waals surface area (Å²) in [5.41, 5.74) is 0.898. The monoisotopic (exact) mass is 346 g/mol. The fourth-order valence-electron chi connectivity index (χ4n) is 3.62. The van der Waals surface area contributed by atoms with E-state index in [9.17, 15) is 0 Å². The Hall–Kier alpha value is -1.43. The van der Waals surface area contributed by atoms with Crippen LogP contribution in [-0.2, 0) is 11.2 Å². The van der Waals surface area contributed by atoms with Crippen LogP contribution in [0.4, 0.5) is 0 Å². The zero-order valence-corrected chi connectivity index (χ0v) is 14.5. The maximum Gasteiger partial charge on any atom is 0.154 e. The number of hydrogen-bond acceptors (Lipinski definition) is 4. The van der Waals surface area contributed by atoms with Gasteiger partial charge in [0.1, 0.15) is 5.82 Å². The molecule has 1 N–H and O–H groups in total. The molecular weight excluding hydrogens is 324 g/mol. The van der Waals surface area contributed by atoms with Crippen LogP contribution in [-0.4, -0.2) is 40.6 Å². The van der Waals surface area contributed by atoms with Gasteiger partial charge in [-0.15, -0.1) is 0 Å². The third-order valence-electron chi connectivity index (χ3n) is 4.91. The molecule has 1 aliphatic carbocycles. The van der Waals surface area contributed by atoms with Gasteiger partial charge in [0.15, 0.2) is 5.82 Å². The van der Waals surface area contributed by atoms with Crippen molar-refractivity contribution in [2.45, 2.75) is 44.1 Å². The first-order chi connectivity index (χ1) is 11.8. The Kier molecular flexibility index (Phi) is 4.83. The van der Waals surface area contributed by atoms with E-state index in [-0.39, 0.29) is 6.10 Å². The largest absolute Gasteiger partial charge is 0.375 e. The first-order valence-electron chi connectivity index (χ1n) is 8.84. The Labute approximate surface area is 147 Å². The molecule has 2 heterocycles. The second-order valence-electron chi connectivity index (χ2n) is 6.63. The minimum absolute atomic E-state index is 0.139. The van der Waals surface area contributed by atoms with Crippen LogP contribution in [0.25, 0.3) is 5.69 Å². The van der Waals surface area contributed by atoms with Crippen LogP contribution in [0, 0.1) is 0 Å². The lowest BCUT2D eigenvalue weighted by atomic mass is 10.1. The number of morpholine rings is 1. The first-order valence-corrected chi connectivity index (χ1v) is 9.22. The van der Waals surface area contributed by atoms with Crippen molar-refractivity contribution in [3.63, 3.8) is 0 Å². The quantitative estimate of drug-likeness (QED) is 0.924.